The monoisotopic (exact) mass is 262 g/mol. The molecule has 0 bridgehead atoms. The van der Waals surface area contributed by atoms with Crippen molar-refractivity contribution >= 4 is 12.4 Å². The molecule has 0 radical (unpaired) electrons. The zero-order chi connectivity index (χ0) is 11.1. The van der Waals surface area contributed by atoms with Gasteiger partial charge < -0.3 is 9.64 Å². The van der Waals surface area contributed by atoms with Crippen molar-refractivity contribution in [3.05, 3.63) is 0 Å². The number of halogens is 1. The maximum Gasteiger partial charge on any atom is 0.0594 e. The lowest BCUT2D eigenvalue weighted by atomic mass is 10.1. The van der Waals surface area contributed by atoms with Crippen LogP contribution in [0.1, 0.15) is 32.1 Å². The normalized spacial score (nSPS) is 24.7. The first kappa shape index (κ1) is 15.2. The molecule has 17 heavy (non-hydrogen) atoms. The number of likely N-dealkylation sites (tertiary alicyclic amines) is 1. The van der Waals surface area contributed by atoms with Crippen LogP contribution in [0.3, 0.4) is 0 Å². The van der Waals surface area contributed by atoms with Gasteiger partial charge in [0.1, 0.15) is 0 Å². The van der Waals surface area contributed by atoms with Crippen LogP contribution in [-0.4, -0.2) is 62.3 Å². The van der Waals surface area contributed by atoms with Crippen molar-refractivity contribution in [1.82, 2.24) is 9.80 Å². The van der Waals surface area contributed by atoms with E-state index < -0.39 is 0 Å². The van der Waals surface area contributed by atoms with E-state index in [4.69, 9.17) is 4.74 Å². The summed E-state index contributed by atoms with van der Waals surface area (Å²) in [4.78, 5) is 5.21. The van der Waals surface area contributed by atoms with E-state index >= 15 is 0 Å². The molecule has 2 fully saturated rings. The minimum absolute atomic E-state index is 0. The van der Waals surface area contributed by atoms with Gasteiger partial charge in [-0.1, -0.05) is 19.3 Å². The molecule has 0 aromatic heterocycles. The summed E-state index contributed by atoms with van der Waals surface area (Å²) in [6.45, 7) is 9.28. The molecule has 102 valence electrons. The summed E-state index contributed by atoms with van der Waals surface area (Å²) < 4.78 is 5.37. The lowest BCUT2D eigenvalue weighted by molar-refractivity contribution is 0.0330. The second kappa shape index (κ2) is 9.15. The molecule has 0 aromatic rings. The Hall–Kier alpha value is 0.170. The fraction of sp³-hybridized carbons (Fsp3) is 1.00. The lowest BCUT2D eigenvalue weighted by Crippen LogP contribution is -2.42. The third-order valence-corrected chi connectivity index (χ3v) is 3.78. The first-order valence-electron chi connectivity index (χ1n) is 6.97. The average Bonchev–Trinajstić information content (AvgIpc) is 2.29. The smallest absolute Gasteiger partial charge is 0.0594 e. The third-order valence-electron chi connectivity index (χ3n) is 3.78. The van der Waals surface area contributed by atoms with Gasteiger partial charge in [-0.05, 0) is 25.9 Å². The van der Waals surface area contributed by atoms with Crippen molar-refractivity contribution in [3.8, 4) is 0 Å². The molecule has 0 amide bonds. The Bertz CT molecular complexity index is 178. The van der Waals surface area contributed by atoms with Gasteiger partial charge in [0.2, 0.25) is 0 Å². The molecular formula is C13H27ClN2O. The van der Waals surface area contributed by atoms with Gasteiger partial charge >= 0.3 is 0 Å². The molecule has 3 nitrogen and oxygen atoms in total. The zero-order valence-corrected chi connectivity index (χ0v) is 11.7. The molecule has 2 aliphatic heterocycles. The van der Waals surface area contributed by atoms with Crippen LogP contribution in [-0.2, 0) is 4.74 Å². The van der Waals surface area contributed by atoms with E-state index in [2.05, 4.69) is 9.80 Å². The van der Waals surface area contributed by atoms with Gasteiger partial charge in [0.05, 0.1) is 13.2 Å². The predicted octanol–water partition coefficient (Wildman–Crippen LogP) is 2.01. The summed E-state index contributed by atoms with van der Waals surface area (Å²) in [6, 6.07) is 0. The molecule has 4 heteroatoms. The Kier molecular flexibility index (Phi) is 8.19. The van der Waals surface area contributed by atoms with Gasteiger partial charge in [0.15, 0.2) is 0 Å². The van der Waals surface area contributed by atoms with Crippen LogP contribution in [0.5, 0.6) is 0 Å². The van der Waals surface area contributed by atoms with Crippen LogP contribution >= 0.6 is 12.4 Å². The molecule has 0 unspecified atom stereocenters. The van der Waals surface area contributed by atoms with E-state index in [0.29, 0.717) is 0 Å². The topological polar surface area (TPSA) is 15.7 Å². The van der Waals surface area contributed by atoms with Crippen LogP contribution in [0.15, 0.2) is 0 Å². The van der Waals surface area contributed by atoms with E-state index in [9.17, 15) is 0 Å². The van der Waals surface area contributed by atoms with Gasteiger partial charge in [-0.3, -0.25) is 4.90 Å². The molecule has 0 atom stereocenters. The SMILES string of the molecule is C1CCCN(CCN2CCOCC2)CCC1.Cl. The highest BCUT2D eigenvalue weighted by Gasteiger charge is 2.12. The van der Waals surface area contributed by atoms with Crippen molar-refractivity contribution in [2.24, 2.45) is 0 Å². The van der Waals surface area contributed by atoms with E-state index in [-0.39, 0.29) is 12.4 Å². The Balaban J connectivity index is 0.00000144. The number of hydrogen-bond acceptors (Lipinski definition) is 3. The standard InChI is InChI=1S/C13H26N2O.ClH/c1-2-4-6-14(7-5-3-1)8-9-15-10-12-16-13-11-15;/h1-13H2;1H. The van der Waals surface area contributed by atoms with Gasteiger partial charge in [-0.2, -0.15) is 0 Å². The van der Waals surface area contributed by atoms with Gasteiger partial charge in [-0.25, -0.2) is 0 Å². The summed E-state index contributed by atoms with van der Waals surface area (Å²) in [5.74, 6) is 0. The fourth-order valence-corrected chi connectivity index (χ4v) is 2.64. The average molecular weight is 263 g/mol. The second-order valence-electron chi connectivity index (χ2n) is 5.06. The quantitative estimate of drug-likeness (QED) is 0.774. The van der Waals surface area contributed by atoms with Crippen LogP contribution in [0, 0.1) is 0 Å². The van der Waals surface area contributed by atoms with Crippen LogP contribution in [0.25, 0.3) is 0 Å². The highest BCUT2D eigenvalue weighted by Crippen LogP contribution is 2.10. The molecule has 2 saturated heterocycles. The Morgan fingerprint density at radius 2 is 1.12 bits per heavy atom. The van der Waals surface area contributed by atoms with E-state index in [1.54, 1.807) is 0 Å². The molecule has 0 N–H and O–H groups in total. The van der Waals surface area contributed by atoms with Crippen molar-refractivity contribution in [2.75, 3.05) is 52.5 Å². The van der Waals surface area contributed by atoms with Crippen molar-refractivity contribution in [2.45, 2.75) is 32.1 Å². The molecule has 0 spiro atoms. The lowest BCUT2D eigenvalue weighted by Gasteiger charge is -2.30. The van der Waals surface area contributed by atoms with E-state index in [0.717, 1.165) is 26.3 Å². The number of hydrogen-bond donors (Lipinski definition) is 0. The summed E-state index contributed by atoms with van der Waals surface area (Å²) in [6.07, 6.45) is 7.14. The Labute approximate surface area is 112 Å². The largest absolute Gasteiger partial charge is 0.379 e. The fourth-order valence-electron chi connectivity index (χ4n) is 2.64. The van der Waals surface area contributed by atoms with Crippen LogP contribution in [0.2, 0.25) is 0 Å². The number of morpholine rings is 1. The molecule has 2 heterocycles. The molecule has 0 aromatic carbocycles. The second-order valence-corrected chi connectivity index (χ2v) is 5.06. The molecule has 0 aliphatic carbocycles. The van der Waals surface area contributed by atoms with Crippen molar-refractivity contribution in [3.63, 3.8) is 0 Å². The summed E-state index contributed by atoms with van der Waals surface area (Å²) >= 11 is 0. The van der Waals surface area contributed by atoms with Gasteiger partial charge in [0.25, 0.3) is 0 Å². The van der Waals surface area contributed by atoms with Gasteiger partial charge in [0, 0.05) is 26.2 Å². The van der Waals surface area contributed by atoms with E-state index in [1.165, 1.54) is 58.3 Å². The maximum absolute atomic E-state index is 5.37. The van der Waals surface area contributed by atoms with Crippen molar-refractivity contribution in [1.29, 1.82) is 0 Å². The van der Waals surface area contributed by atoms with Crippen LogP contribution in [0.4, 0.5) is 0 Å². The predicted molar refractivity (Wildman–Crippen MR) is 74.0 cm³/mol. The number of rotatable bonds is 3. The Morgan fingerprint density at radius 1 is 0.647 bits per heavy atom. The highest BCUT2D eigenvalue weighted by atomic mass is 35.5. The summed E-state index contributed by atoms with van der Waals surface area (Å²) in [5.41, 5.74) is 0. The first-order valence-corrected chi connectivity index (χ1v) is 6.97. The summed E-state index contributed by atoms with van der Waals surface area (Å²) in [7, 11) is 0. The number of ether oxygens (including phenoxy) is 1. The molecule has 0 saturated carbocycles. The maximum atomic E-state index is 5.37. The van der Waals surface area contributed by atoms with Crippen molar-refractivity contribution < 1.29 is 4.74 Å². The molecular weight excluding hydrogens is 236 g/mol. The summed E-state index contributed by atoms with van der Waals surface area (Å²) in [5, 5.41) is 0. The first-order chi connectivity index (χ1) is 7.95. The Morgan fingerprint density at radius 3 is 1.71 bits per heavy atom. The minimum atomic E-state index is 0. The minimum Gasteiger partial charge on any atom is -0.379 e. The molecule has 2 aliphatic rings. The molecule has 2 rings (SSSR count). The van der Waals surface area contributed by atoms with Gasteiger partial charge in [-0.15, -0.1) is 12.4 Å². The van der Waals surface area contributed by atoms with Crippen LogP contribution < -0.4 is 0 Å². The number of nitrogens with zero attached hydrogens (tertiary/aromatic N) is 2. The third kappa shape index (κ3) is 6.05. The van der Waals surface area contributed by atoms with E-state index in [1.807, 2.05) is 0 Å². The zero-order valence-electron chi connectivity index (χ0n) is 10.9. The highest BCUT2D eigenvalue weighted by molar-refractivity contribution is 5.85.